The number of carbonyl (C=O) groups excluding carboxylic acids is 1. The van der Waals surface area contributed by atoms with Crippen LogP contribution in [0.1, 0.15) is 10.4 Å². The van der Waals surface area contributed by atoms with Crippen molar-refractivity contribution in [2.75, 3.05) is 18.8 Å². The smallest absolute Gasteiger partial charge is 0.387 e. The number of hydrogen-bond acceptors (Lipinski definition) is 4. The molecule has 0 spiro atoms. The Hall–Kier alpha value is -2.39. The molecule has 2 rings (SSSR count). The van der Waals surface area contributed by atoms with E-state index in [0.29, 0.717) is 5.56 Å². The predicted octanol–water partition coefficient (Wildman–Crippen LogP) is 3.44. The van der Waals surface area contributed by atoms with Crippen molar-refractivity contribution in [2.45, 2.75) is 11.5 Å². The van der Waals surface area contributed by atoms with Crippen LogP contribution in [0.3, 0.4) is 0 Å². The number of carbonyl (C=O) groups is 1. The van der Waals surface area contributed by atoms with Gasteiger partial charge < -0.3 is 9.64 Å². The van der Waals surface area contributed by atoms with Crippen molar-refractivity contribution in [3.63, 3.8) is 0 Å². The number of hydrogen-bond donors (Lipinski definition) is 1. The standard InChI is InChI=1S/C16H15ClF2N2O4S/c1-21(2)15(22)10-4-3-5-11(8-10)20-26(23,24)12-6-7-14(13(17)9-12)25-16(18)19/h3-9,16,20H,1-2H3. The maximum absolute atomic E-state index is 12.4. The molecule has 0 fully saturated rings. The second-order valence-corrected chi connectivity index (χ2v) is 7.45. The van der Waals surface area contributed by atoms with Crippen LogP contribution in [0.15, 0.2) is 47.4 Å². The number of sulfonamides is 1. The first kappa shape index (κ1) is 19.9. The first-order valence-corrected chi connectivity index (χ1v) is 9.05. The van der Waals surface area contributed by atoms with E-state index in [2.05, 4.69) is 9.46 Å². The SMILES string of the molecule is CN(C)C(=O)c1cccc(NS(=O)(=O)c2ccc(OC(F)F)c(Cl)c2)c1. The Kier molecular flexibility index (Phi) is 6.04. The molecule has 0 radical (unpaired) electrons. The molecule has 26 heavy (non-hydrogen) atoms. The maximum Gasteiger partial charge on any atom is 0.387 e. The number of ether oxygens (including phenoxy) is 1. The fourth-order valence-corrected chi connectivity index (χ4v) is 3.39. The van der Waals surface area contributed by atoms with Crippen molar-refractivity contribution in [3.05, 3.63) is 53.1 Å². The monoisotopic (exact) mass is 404 g/mol. The summed E-state index contributed by atoms with van der Waals surface area (Å²) in [6.07, 6.45) is 0. The van der Waals surface area contributed by atoms with E-state index in [-0.39, 0.29) is 27.3 Å². The van der Waals surface area contributed by atoms with E-state index in [1.54, 1.807) is 20.2 Å². The fraction of sp³-hybridized carbons (Fsp3) is 0.188. The summed E-state index contributed by atoms with van der Waals surface area (Å²) in [6, 6.07) is 9.05. The summed E-state index contributed by atoms with van der Waals surface area (Å²) >= 11 is 5.78. The van der Waals surface area contributed by atoms with Crippen LogP contribution in [0, 0.1) is 0 Å². The molecule has 0 aliphatic heterocycles. The molecule has 140 valence electrons. The van der Waals surface area contributed by atoms with Gasteiger partial charge in [0.05, 0.1) is 9.92 Å². The van der Waals surface area contributed by atoms with Crippen LogP contribution in [0.25, 0.3) is 0 Å². The molecule has 1 N–H and O–H groups in total. The maximum atomic E-state index is 12.4. The molecule has 6 nitrogen and oxygen atoms in total. The fourth-order valence-electron chi connectivity index (χ4n) is 2.03. The Labute approximate surface area is 154 Å². The van der Waals surface area contributed by atoms with Gasteiger partial charge in [-0.3, -0.25) is 9.52 Å². The molecule has 0 bridgehead atoms. The van der Waals surface area contributed by atoms with E-state index in [9.17, 15) is 22.0 Å². The minimum absolute atomic E-state index is 0.168. The van der Waals surface area contributed by atoms with Crippen LogP contribution in [-0.2, 0) is 10.0 Å². The molecule has 0 aliphatic rings. The number of halogens is 3. The lowest BCUT2D eigenvalue weighted by molar-refractivity contribution is -0.0498. The third-order valence-electron chi connectivity index (χ3n) is 3.20. The predicted molar refractivity (Wildman–Crippen MR) is 93.4 cm³/mol. The zero-order chi connectivity index (χ0) is 19.5. The van der Waals surface area contributed by atoms with Crippen LogP contribution < -0.4 is 9.46 Å². The van der Waals surface area contributed by atoms with Crippen LogP contribution in [0.5, 0.6) is 5.75 Å². The van der Waals surface area contributed by atoms with Crippen molar-refractivity contribution in [3.8, 4) is 5.75 Å². The van der Waals surface area contributed by atoms with Crippen molar-refractivity contribution in [2.24, 2.45) is 0 Å². The highest BCUT2D eigenvalue weighted by molar-refractivity contribution is 7.92. The molecule has 0 atom stereocenters. The molecule has 0 aliphatic carbocycles. The van der Waals surface area contributed by atoms with Gasteiger partial charge in [-0.2, -0.15) is 8.78 Å². The van der Waals surface area contributed by atoms with Crippen molar-refractivity contribution < 1.29 is 26.7 Å². The Morgan fingerprint density at radius 2 is 1.88 bits per heavy atom. The summed E-state index contributed by atoms with van der Waals surface area (Å²) in [7, 11) is -0.899. The third-order valence-corrected chi connectivity index (χ3v) is 4.87. The second kappa shape index (κ2) is 7.88. The highest BCUT2D eigenvalue weighted by Crippen LogP contribution is 2.29. The van der Waals surface area contributed by atoms with Gasteiger partial charge >= 0.3 is 6.61 Å². The lowest BCUT2D eigenvalue weighted by atomic mass is 10.2. The van der Waals surface area contributed by atoms with Gasteiger partial charge in [-0.1, -0.05) is 17.7 Å². The summed E-state index contributed by atoms with van der Waals surface area (Å²) in [5.41, 5.74) is 0.468. The van der Waals surface area contributed by atoms with E-state index in [4.69, 9.17) is 11.6 Å². The van der Waals surface area contributed by atoms with E-state index in [1.807, 2.05) is 0 Å². The average molecular weight is 405 g/mol. The van der Waals surface area contributed by atoms with E-state index >= 15 is 0 Å². The lowest BCUT2D eigenvalue weighted by Gasteiger charge is -2.13. The minimum atomic E-state index is -4.05. The molecule has 1 amide bonds. The molecule has 0 aromatic heterocycles. The Morgan fingerprint density at radius 1 is 1.19 bits per heavy atom. The van der Waals surface area contributed by atoms with Crippen LogP contribution in [0.2, 0.25) is 5.02 Å². The average Bonchev–Trinajstić information content (AvgIpc) is 2.55. The molecule has 2 aromatic carbocycles. The summed E-state index contributed by atoms with van der Waals surface area (Å²) in [5, 5.41) is -0.273. The highest BCUT2D eigenvalue weighted by Gasteiger charge is 2.18. The molecule has 0 heterocycles. The molecular formula is C16H15ClF2N2O4S. The van der Waals surface area contributed by atoms with Gasteiger partial charge in [0, 0.05) is 25.3 Å². The highest BCUT2D eigenvalue weighted by atomic mass is 35.5. The van der Waals surface area contributed by atoms with Gasteiger partial charge in [-0.15, -0.1) is 0 Å². The molecule has 2 aromatic rings. The van der Waals surface area contributed by atoms with Gasteiger partial charge in [-0.25, -0.2) is 8.42 Å². The Morgan fingerprint density at radius 3 is 2.46 bits per heavy atom. The van der Waals surface area contributed by atoms with Crippen molar-refractivity contribution in [1.29, 1.82) is 0 Å². The Balaban J connectivity index is 2.28. The number of amides is 1. The topological polar surface area (TPSA) is 75.7 Å². The molecule has 0 unspecified atom stereocenters. The zero-order valence-corrected chi connectivity index (χ0v) is 15.3. The Bertz CT molecular complexity index is 920. The number of nitrogens with zero attached hydrogens (tertiary/aromatic N) is 1. The summed E-state index contributed by atoms with van der Waals surface area (Å²) in [5.74, 6) is -0.623. The summed E-state index contributed by atoms with van der Waals surface area (Å²) < 4.78 is 55.9. The zero-order valence-electron chi connectivity index (χ0n) is 13.7. The number of alkyl halides is 2. The first-order chi connectivity index (χ1) is 12.1. The third kappa shape index (κ3) is 4.83. The number of rotatable bonds is 6. The van der Waals surface area contributed by atoms with Crippen LogP contribution in [-0.4, -0.2) is 39.9 Å². The quantitative estimate of drug-likeness (QED) is 0.800. The minimum Gasteiger partial charge on any atom is -0.433 e. The van der Waals surface area contributed by atoms with Gasteiger partial charge in [0.15, 0.2) is 0 Å². The largest absolute Gasteiger partial charge is 0.433 e. The van der Waals surface area contributed by atoms with Gasteiger partial charge in [0.25, 0.3) is 15.9 Å². The van der Waals surface area contributed by atoms with E-state index < -0.39 is 16.6 Å². The normalized spacial score (nSPS) is 11.3. The molecule has 0 saturated heterocycles. The van der Waals surface area contributed by atoms with E-state index in [1.165, 1.54) is 23.1 Å². The van der Waals surface area contributed by atoms with Crippen molar-refractivity contribution in [1.82, 2.24) is 4.90 Å². The first-order valence-electron chi connectivity index (χ1n) is 7.19. The van der Waals surface area contributed by atoms with Crippen LogP contribution >= 0.6 is 11.6 Å². The summed E-state index contributed by atoms with van der Waals surface area (Å²) in [6.45, 7) is -3.08. The van der Waals surface area contributed by atoms with E-state index in [0.717, 1.165) is 18.2 Å². The molecule has 0 saturated carbocycles. The number of nitrogens with one attached hydrogen (secondary N) is 1. The summed E-state index contributed by atoms with van der Waals surface area (Å²) in [4.78, 5) is 13.1. The number of anilines is 1. The van der Waals surface area contributed by atoms with Gasteiger partial charge in [0.1, 0.15) is 5.75 Å². The molecule has 10 heteroatoms. The number of benzene rings is 2. The van der Waals surface area contributed by atoms with Crippen LogP contribution in [0.4, 0.5) is 14.5 Å². The lowest BCUT2D eigenvalue weighted by Crippen LogP contribution is -2.22. The van der Waals surface area contributed by atoms with Crippen molar-refractivity contribution >= 4 is 33.2 Å². The molecular weight excluding hydrogens is 390 g/mol. The van der Waals surface area contributed by atoms with Gasteiger partial charge in [0.2, 0.25) is 0 Å². The van der Waals surface area contributed by atoms with Gasteiger partial charge in [-0.05, 0) is 36.4 Å². The second-order valence-electron chi connectivity index (χ2n) is 5.36.